The molecule has 0 unspecified atom stereocenters. The molecule has 0 heterocycles. The minimum absolute atomic E-state index is 0.0438. The van der Waals surface area contributed by atoms with Crippen molar-refractivity contribution in [2.45, 2.75) is 0 Å². The van der Waals surface area contributed by atoms with Gasteiger partial charge in [-0.3, -0.25) is 10.1 Å². The van der Waals surface area contributed by atoms with Crippen LogP contribution in [0.15, 0.2) is 41.6 Å². The Morgan fingerprint density at radius 3 is 2.26 bits per heavy atom. The Balaban J connectivity index is 2.42. The number of oxime groups is 1. The molecule has 2 aromatic rings. The lowest BCUT2D eigenvalue weighted by molar-refractivity contribution is -0.384. The molecule has 2 aromatic carbocycles. The predicted octanol–water partition coefficient (Wildman–Crippen LogP) is 3.21. The van der Waals surface area contributed by atoms with E-state index in [1.54, 1.807) is 12.1 Å². The fraction of sp³-hybridized carbons (Fsp3) is 0.133. The number of methoxy groups -OCH3 is 2. The highest BCUT2D eigenvalue weighted by molar-refractivity contribution is 5.87. The van der Waals surface area contributed by atoms with Crippen LogP contribution in [-0.2, 0) is 0 Å². The van der Waals surface area contributed by atoms with Crippen LogP contribution in [0.3, 0.4) is 0 Å². The van der Waals surface area contributed by atoms with Crippen LogP contribution in [-0.4, -0.2) is 30.6 Å². The van der Waals surface area contributed by atoms with Crippen molar-refractivity contribution < 1.29 is 24.3 Å². The molecule has 0 fully saturated rings. The number of nitro benzene ring substituents is 1. The summed E-state index contributed by atoms with van der Waals surface area (Å²) in [4.78, 5) is 10.2. The number of non-ortho nitro benzene ring substituents is 1. The number of nitro groups is 1. The van der Waals surface area contributed by atoms with Gasteiger partial charge in [0.05, 0.1) is 30.9 Å². The lowest BCUT2D eigenvalue weighted by Gasteiger charge is -2.13. The third-order valence-corrected chi connectivity index (χ3v) is 3.00. The molecule has 120 valence electrons. The van der Waals surface area contributed by atoms with Gasteiger partial charge in [-0.2, -0.15) is 0 Å². The Hall–Kier alpha value is -3.29. The van der Waals surface area contributed by atoms with E-state index in [9.17, 15) is 10.1 Å². The first-order valence-corrected chi connectivity index (χ1v) is 6.44. The summed E-state index contributed by atoms with van der Waals surface area (Å²) < 4.78 is 16.1. The van der Waals surface area contributed by atoms with Gasteiger partial charge in [0.2, 0.25) is 0 Å². The van der Waals surface area contributed by atoms with Crippen molar-refractivity contribution in [1.29, 1.82) is 0 Å². The number of nitrogens with zero attached hydrogens (tertiary/aromatic N) is 2. The summed E-state index contributed by atoms with van der Waals surface area (Å²) >= 11 is 0. The Morgan fingerprint density at radius 1 is 1.09 bits per heavy atom. The SMILES string of the molecule is COc1cc(OC)c(/C=N/O)c(Oc2ccc([N+](=O)[O-])cc2)c1. The van der Waals surface area contributed by atoms with Crippen molar-refractivity contribution in [1.82, 2.24) is 0 Å². The molecule has 0 aliphatic heterocycles. The largest absolute Gasteiger partial charge is 0.496 e. The maximum Gasteiger partial charge on any atom is 0.269 e. The minimum Gasteiger partial charge on any atom is -0.496 e. The second kappa shape index (κ2) is 7.12. The molecule has 0 atom stereocenters. The van der Waals surface area contributed by atoms with Gasteiger partial charge in [0.15, 0.2) is 0 Å². The molecular formula is C15H14N2O6. The molecule has 1 N–H and O–H groups in total. The monoisotopic (exact) mass is 318 g/mol. The summed E-state index contributed by atoms with van der Waals surface area (Å²) in [5.41, 5.74) is 0.354. The fourth-order valence-electron chi connectivity index (χ4n) is 1.90. The summed E-state index contributed by atoms with van der Waals surface area (Å²) in [6.07, 6.45) is 1.17. The molecule has 8 nitrogen and oxygen atoms in total. The van der Waals surface area contributed by atoms with E-state index in [1.165, 1.54) is 44.7 Å². The van der Waals surface area contributed by atoms with E-state index < -0.39 is 4.92 Å². The highest BCUT2D eigenvalue weighted by Crippen LogP contribution is 2.35. The molecule has 8 heteroatoms. The topological polar surface area (TPSA) is 103 Å². The lowest BCUT2D eigenvalue weighted by atomic mass is 10.1. The van der Waals surface area contributed by atoms with Crippen molar-refractivity contribution >= 4 is 11.9 Å². The summed E-state index contributed by atoms with van der Waals surface area (Å²) in [5, 5.41) is 22.5. The Bertz CT molecular complexity index is 727. The third-order valence-electron chi connectivity index (χ3n) is 3.00. The van der Waals surface area contributed by atoms with E-state index >= 15 is 0 Å². The minimum atomic E-state index is -0.498. The second-order valence-corrected chi connectivity index (χ2v) is 4.34. The Morgan fingerprint density at radius 2 is 1.74 bits per heavy atom. The van der Waals surface area contributed by atoms with E-state index in [0.717, 1.165) is 0 Å². The first kappa shape index (κ1) is 16.1. The maximum atomic E-state index is 10.7. The molecule has 0 saturated carbocycles. The van der Waals surface area contributed by atoms with Gasteiger partial charge < -0.3 is 19.4 Å². The molecule has 0 aromatic heterocycles. The molecule has 0 saturated heterocycles. The van der Waals surface area contributed by atoms with E-state index in [4.69, 9.17) is 19.4 Å². The van der Waals surface area contributed by atoms with Gasteiger partial charge in [-0.05, 0) is 12.1 Å². The molecule has 2 rings (SSSR count). The lowest BCUT2D eigenvalue weighted by Crippen LogP contribution is -1.98. The average molecular weight is 318 g/mol. The predicted molar refractivity (Wildman–Crippen MR) is 82.1 cm³/mol. The highest BCUT2D eigenvalue weighted by Gasteiger charge is 2.14. The summed E-state index contributed by atoms with van der Waals surface area (Å²) in [6.45, 7) is 0. The normalized spacial score (nSPS) is 10.5. The molecular weight excluding hydrogens is 304 g/mol. The van der Waals surface area contributed by atoms with Crippen LogP contribution in [0.2, 0.25) is 0 Å². The van der Waals surface area contributed by atoms with Crippen molar-refractivity contribution in [2.75, 3.05) is 14.2 Å². The van der Waals surface area contributed by atoms with Crippen LogP contribution in [0, 0.1) is 10.1 Å². The molecule has 0 amide bonds. The number of hydrogen-bond donors (Lipinski definition) is 1. The van der Waals surface area contributed by atoms with E-state index in [-0.39, 0.29) is 5.69 Å². The van der Waals surface area contributed by atoms with Gasteiger partial charge in [0, 0.05) is 24.3 Å². The summed E-state index contributed by atoms with van der Waals surface area (Å²) in [7, 11) is 2.95. The average Bonchev–Trinajstić information content (AvgIpc) is 2.56. The zero-order chi connectivity index (χ0) is 16.8. The summed E-state index contributed by atoms with van der Waals surface area (Å²) in [6, 6.07) is 8.77. The molecule has 0 aliphatic rings. The number of benzene rings is 2. The van der Waals surface area contributed by atoms with Crippen molar-refractivity contribution in [3.63, 3.8) is 0 Å². The summed E-state index contributed by atoms with van der Waals surface area (Å²) in [5.74, 6) is 1.55. The quantitative estimate of drug-likeness (QED) is 0.379. The maximum absolute atomic E-state index is 10.7. The molecule has 23 heavy (non-hydrogen) atoms. The van der Waals surface area contributed by atoms with E-state index in [0.29, 0.717) is 28.6 Å². The van der Waals surface area contributed by atoms with Gasteiger partial charge in [0.25, 0.3) is 5.69 Å². The number of ether oxygens (including phenoxy) is 3. The van der Waals surface area contributed by atoms with Gasteiger partial charge in [-0.1, -0.05) is 5.16 Å². The van der Waals surface area contributed by atoms with Gasteiger partial charge >= 0.3 is 0 Å². The number of rotatable bonds is 6. The van der Waals surface area contributed by atoms with Crippen LogP contribution >= 0.6 is 0 Å². The van der Waals surface area contributed by atoms with Crippen LogP contribution < -0.4 is 14.2 Å². The molecule has 0 radical (unpaired) electrons. The van der Waals surface area contributed by atoms with E-state index in [2.05, 4.69) is 5.16 Å². The van der Waals surface area contributed by atoms with Gasteiger partial charge in [-0.15, -0.1) is 0 Å². The third kappa shape index (κ3) is 3.67. The Kier molecular flexibility index (Phi) is 4.98. The van der Waals surface area contributed by atoms with Crippen molar-refractivity contribution in [3.8, 4) is 23.0 Å². The fourth-order valence-corrected chi connectivity index (χ4v) is 1.90. The van der Waals surface area contributed by atoms with Gasteiger partial charge in [-0.25, -0.2) is 0 Å². The number of hydrogen-bond acceptors (Lipinski definition) is 7. The molecule has 0 bridgehead atoms. The van der Waals surface area contributed by atoms with Crippen LogP contribution in [0.5, 0.6) is 23.0 Å². The van der Waals surface area contributed by atoms with Crippen LogP contribution in [0.1, 0.15) is 5.56 Å². The zero-order valence-corrected chi connectivity index (χ0v) is 12.4. The molecule has 0 spiro atoms. The smallest absolute Gasteiger partial charge is 0.269 e. The Labute approximate surface area is 131 Å². The first-order valence-electron chi connectivity index (χ1n) is 6.44. The van der Waals surface area contributed by atoms with Crippen LogP contribution in [0.4, 0.5) is 5.69 Å². The van der Waals surface area contributed by atoms with Crippen LogP contribution in [0.25, 0.3) is 0 Å². The van der Waals surface area contributed by atoms with Gasteiger partial charge in [0.1, 0.15) is 23.0 Å². The standard InChI is InChI=1S/C15H14N2O6/c1-21-12-7-14(22-2)13(9-16-18)15(8-12)23-11-5-3-10(4-6-11)17(19)20/h3-9,18H,1-2H3/b16-9+. The highest BCUT2D eigenvalue weighted by atomic mass is 16.6. The molecule has 0 aliphatic carbocycles. The zero-order valence-electron chi connectivity index (χ0n) is 12.4. The van der Waals surface area contributed by atoms with E-state index in [1.807, 2.05) is 0 Å². The first-order chi connectivity index (χ1) is 11.1. The second-order valence-electron chi connectivity index (χ2n) is 4.34. The van der Waals surface area contributed by atoms with Crippen molar-refractivity contribution in [2.24, 2.45) is 5.16 Å². The van der Waals surface area contributed by atoms with Crippen molar-refractivity contribution in [3.05, 3.63) is 52.1 Å².